The molecule has 0 bridgehead atoms. The van der Waals surface area contributed by atoms with Crippen molar-refractivity contribution in [3.8, 4) is 0 Å². The van der Waals surface area contributed by atoms with E-state index in [9.17, 15) is 13.2 Å². The Kier molecular flexibility index (Phi) is 5.28. The van der Waals surface area contributed by atoms with E-state index in [-0.39, 0.29) is 22.5 Å². The van der Waals surface area contributed by atoms with Crippen LogP contribution in [0.15, 0.2) is 24.3 Å². The first-order valence-electron chi connectivity index (χ1n) is 5.11. The average Bonchev–Trinajstić information content (AvgIpc) is 2.27. The van der Waals surface area contributed by atoms with Crippen molar-refractivity contribution < 1.29 is 13.2 Å². The average molecular weight is 294 g/mol. The number of thioether (sulfide) groups is 1. The van der Waals surface area contributed by atoms with Crippen LogP contribution in [0.1, 0.15) is 5.56 Å². The lowest BCUT2D eigenvalue weighted by molar-refractivity contribution is -0.0327. The third kappa shape index (κ3) is 5.14. The second-order valence-electron chi connectivity index (χ2n) is 3.63. The largest absolute Gasteiger partial charge is 0.441 e. The molecule has 18 heavy (non-hydrogen) atoms. The van der Waals surface area contributed by atoms with Gasteiger partial charge in [-0.05, 0) is 23.9 Å². The van der Waals surface area contributed by atoms with Crippen LogP contribution in [0, 0.1) is 0 Å². The van der Waals surface area contributed by atoms with Gasteiger partial charge in [0.15, 0.2) is 0 Å². The monoisotopic (exact) mass is 294 g/mol. The maximum atomic E-state index is 12.0. The molecule has 0 heterocycles. The number of nitrogens with two attached hydrogens (primary N) is 1. The number of nitrogens with zero attached hydrogens (tertiary/aromatic N) is 1. The summed E-state index contributed by atoms with van der Waals surface area (Å²) in [4.78, 5) is 2.01. The number of anilines is 1. The third-order valence-corrected chi connectivity index (χ3v) is 3.21. The summed E-state index contributed by atoms with van der Waals surface area (Å²) in [6, 6.07) is 7.11. The number of halogens is 3. The van der Waals surface area contributed by atoms with E-state index in [1.54, 1.807) is 36.2 Å². The van der Waals surface area contributed by atoms with E-state index in [2.05, 4.69) is 0 Å². The topological polar surface area (TPSA) is 29.3 Å². The summed E-state index contributed by atoms with van der Waals surface area (Å²) in [5.41, 5.74) is 2.82. The molecule has 0 aliphatic heterocycles. The van der Waals surface area contributed by atoms with Gasteiger partial charge in [0.05, 0.1) is 0 Å². The van der Waals surface area contributed by atoms with Crippen LogP contribution in [0.25, 0.3) is 0 Å². The van der Waals surface area contributed by atoms with Crippen molar-refractivity contribution >= 4 is 34.7 Å². The first-order valence-corrected chi connectivity index (χ1v) is 6.50. The van der Waals surface area contributed by atoms with Crippen molar-refractivity contribution in [3.05, 3.63) is 29.8 Å². The van der Waals surface area contributed by atoms with Gasteiger partial charge < -0.3 is 10.6 Å². The van der Waals surface area contributed by atoms with E-state index in [0.29, 0.717) is 12.1 Å². The molecule has 1 rings (SSSR count). The summed E-state index contributed by atoms with van der Waals surface area (Å²) in [7, 11) is 1.73. The predicted octanol–water partition coefficient (Wildman–Crippen LogP) is 3.01. The molecule has 0 aliphatic rings. The number of benzene rings is 1. The standard InChI is InChI=1S/C11H13F3N2S2/c1-16(5-6-18-11(12,13)14)9-4-2-3-8(7-9)10(15)17/h2-4,7H,5-6H2,1H3,(H2,15,17). The second kappa shape index (κ2) is 6.29. The Labute approximate surface area is 113 Å². The van der Waals surface area contributed by atoms with E-state index in [4.69, 9.17) is 18.0 Å². The number of hydrogen-bond acceptors (Lipinski definition) is 3. The molecule has 0 saturated heterocycles. The molecule has 0 aromatic heterocycles. The van der Waals surface area contributed by atoms with Gasteiger partial charge in [-0.3, -0.25) is 0 Å². The molecule has 0 amide bonds. The minimum atomic E-state index is -4.18. The van der Waals surface area contributed by atoms with E-state index in [1.807, 2.05) is 0 Å². The van der Waals surface area contributed by atoms with E-state index in [1.165, 1.54) is 0 Å². The number of hydrogen-bond donors (Lipinski definition) is 1. The molecule has 0 fully saturated rings. The maximum Gasteiger partial charge on any atom is 0.441 e. The van der Waals surface area contributed by atoms with Gasteiger partial charge in [0.2, 0.25) is 0 Å². The Morgan fingerprint density at radius 1 is 1.44 bits per heavy atom. The van der Waals surface area contributed by atoms with Gasteiger partial charge in [0.1, 0.15) is 4.99 Å². The quantitative estimate of drug-likeness (QED) is 0.845. The molecule has 100 valence electrons. The Morgan fingerprint density at radius 3 is 2.67 bits per heavy atom. The Bertz CT molecular complexity index is 421. The van der Waals surface area contributed by atoms with Crippen LogP contribution in [0.3, 0.4) is 0 Å². The highest BCUT2D eigenvalue weighted by Crippen LogP contribution is 2.30. The second-order valence-corrected chi connectivity index (χ2v) is 5.23. The van der Waals surface area contributed by atoms with Crippen molar-refractivity contribution in [2.75, 3.05) is 24.2 Å². The first-order chi connectivity index (χ1) is 8.29. The van der Waals surface area contributed by atoms with E-state index >= 15 is 0 Å². The van der Waals surface area contributed by atoms with Crippen LogP contribution in [-0.2, 0) is 0 Å². The molecular weight excluding hydrogens is 281 g/mol. The number of thiocarbonyl (C=S) groups is 1. The SMILES string of the molecule is CN(CCSC(F)(F)F)c1cccc(C(N)=S)c1. The lowest BCUT2D eigenvalue weighted by Gasteiger charge is -2.20. The highest BCUT2D eigenvalue weighted by Gasteiger charge is 2.27. The van der Waals surface area contributed by atoms with Gasteiger partial charge in [-0.1, -0.05) is 24.4 Å². The van der Waals surface area contributed by atoms with Gasteiger partial charge in [-0.15, -0.1) is 0 Å². The highest BCUT2D eigenvalue weighted by atomic mass is 32.2. The molecule has 2 nitrogen and oxygen atoms in total. The number of rotatable bonds is 5. The summed E-state index contributed by atoms with van der Waals surface area (Å²) in [6.45, 7) is 0.297. The number of alkyl halides is 3. The predicted molar refractivity (Wildman–Crippen MR) is 74.1 cm³/mol. The molecule has 1 aromatic carbocycles. The molecule has 0 saturated carbocycles. The van der Waals surface area contributed by atoms with Gasteiger partial charge in [-0.25, -0.2) is 0 Å². The lowest BCUT2D eigenvalue weighted by atomic mass is 10.2. The van der Waals surface area contributed by atoms with Gasteiger partial charge in [-0.2, -0.15) is 13.2 Å². The van der Waals surface area contributed by atoms with Gasteiger partial charge >= 0.3 is 5.51 Å². The lowest BCUT2D eigenvalue weighted by Crippen LogP contribution is -2.22. The molecular formula is C11H13F3N2S2. The zero-order chi connectivity index (χ0) is 13.8. The van der Waals surface area contributed by atoms with Crippen molar-refractivity contribution in [2.45, 2.75) is 5.51 Å². The minimum absolute atomic E-state index is 0.0166. The molecule has 0 aliphatic carbocycles. The fourth-order valence-corrected chi connectivity index (χ4v) is 2.05. The van der Waals surface area contributed by atoms with Crippen LogP contribution in [0.4, 0.5) is 18.9 Å². The third-order valence-electron chi connectivity index (χ3n) is 2.26. The van der Waals surface area contributed by atoms with Crippen LogP contribution < -0.4 is 10.6 Å². The summed E-state index contributed by atoms with van der Waals surface area (Å²) < 4.78 is 36.0. The molecule has 2 N–H and O–H groups in total. The van der Waals surface area contributed by atoms with Crippen LogP contribution in [0.2, 0.25) is 0 Å². The van der Waals surface area contributed by atoms with Gasteiger partial charge in [0, 0.05) is 30.6 Å². The molecule has 0 unspecified atom stereocenters. The van der Waals surface area contributed by atoms with Crippen LogP contribution >= 0.6 is 24.0 Å². The summed E-state index contributed by atoms with van der Waals surface area (Å²) in [5.74, 6) is -0.0166. The fourth-order valence-electron chi connectivity index (χ4n) is 1.32. The summed E-state index contributed by atoms with van der Waals surface area (Å²) in [5, 5.41) is 0. The zero-order valence-electron chi connectivity index (χ0n) is 9.70. The Balaban J connectivity index is 2.59. The van der Waals surface area contributed by atoms with Crippen LogP contribution in [0.5, 0.6) is 0 Å². The maximum absolute atomic E-state index is 12.0. The van der Waals surface area contributed by atoms with Crippen LogP contribution in [-0.4, -0.2) is 29.8 Å². The van der Waals surface area contributed by atoms with E-state index < -0.39 is 5.51 Å². The zero-order valence-corrected chi connectivity index (χ0v) is 11.3. The Morgan fingerprint density at radius 2 is 2.11 bits per heavy atom. The smallest absolute Gasteiger partial charge is 0.389 e. The fraction of sp³-hybridized carbons (Fsp3) is 0.364. The first kappa shape index (κ1) is 15.1. The minimum Gasteiger partial charge on any atom is -0.389 e. The molecule has 0 spiro atoms. The summed E-state index contributed by atoms with van der Waals surface area (Å²) >= 11 is 4.83. The van der Waals surface area contributed by atoms with E-state index in [0.717, 1.165) is 5.69 Å². The molecule has 7 heteroatoms. The molecule has 0 atom stereocenters. The molecule has 0 radical (unpaired) electrons. The highest BCUT2D eigenvalue weighted by molar-refractivity contribution is 8.00. The van der Waals surface area contributed by atoms with Crippen molar-refractivity contribution in [3.63, 3.8) is 0 Å². The summed E-state index contributed by atoms with van der Waals surface area (Å²) in [6.07, 6.45) is 0. The molecule has 1 aromatic rings. The van der Waals surface area contributed by atoms with Crippen molar-refractivity contribution in [1.82, 2.24) is 0 Å². The van der Waals surface area contributed by atoms with Crippen molar-refractivity contribution in [1.29, 1.82) is 0 Å². The normalized spacial score (nSPS) is 11.3. The van der Waals surface area contributed by atoms with Crippen molar-refractivity contribution in [2.24, 2.45) is 5.73 Å². The Hall–Kier alpha value is -0.950. The van der Waals surface area contributed by atoms with Gasteiger partial charge in [0.25, 0.3) is 0 Å².